The zero-order valence-electron chi connectivity index (χ0n) is 16.4. The molecule has 4 rings (SSSR count). The van der Waals surface area contributed by atoms with E-state index in [0.29, 0.717) is 23.7 Å². The van der Waals surface area contributed by atoms with Crippen LogP contribution in [0.15, 0.2) is 10.7 Å². The molecule has 1 N–H and O–H groups in total. The molecule has 0 amide bonds. The minimum atomic E-state index is -0.218. The maximum atomic E-state index is 6.11. The van der Waals surface area contributed by atoms with Gasteiger partial charge in [-0.05, 0) is 39.7 Å². The van der Waals surface area contributed by atoms with Gasteiger partial charge in [-0.25, -0.2) is 15.0 Å². The molecule has 4 heterocycles. The summed E-state index contributed by atoms with van der Waals surface area (Å²) in [7, 11) is 0. The van der Waals surface area contributed by atoms with Crippen molar-refractivity contribution in [3.63, 3.8) is 0 Å². The number of fused-ring (bicyclic) bond motifs is 5. The van der Waals surface area contributed by atoms with Gasteiger partial charge in [0.15, 0.2) is 11.4 Å². The Hall–Kier alpha value is -2.25. The maximum absolute atomic E-state index is 6.11. The summed E-state index contributed by atoms with van der Waals surface area (Å²) in [6, 6.07) is 0. The molecule has 0 aliphatic carbocycles. The van der Waals surface area contributed by atoms with Crippen molar-refractivity contribution in [2.75, 3.05) is 25.1 Å². The Morgan fingerprint density at radius 1 is 1.26 bits per heavy atom. The molecule has 1 aliphatic rings. The smallest absolute Gasteiger partial charge is 0.229 e. The van der Waals surface area contributed by atoms with Crippen molar-refractivity contribution in [3.05, 3.63) is 23.1 Å². The summed E-state index contributed by atoms with van der Waals surface area (Å²) in [6.45, 7) is 11.0. The first-order valence-electron chi connectivity index (χ1n) is 9.51. The van der Waals surface area contributed by atoms with Crippen molar-refractivity contribution in [1.82, 2.24) is 15.0 Å². The van der Waals surface area contributed by atoms with Gasteiger partial charge in [0.2, 0.25) is 5.71 Å². The molecule has 0 unspecified atom stereocenters. The predicted molar refractivity (Wildman–Crippen MR) is 104 cm³/mol. The zero-order chi connectivity index (χ0) is 19.0. The average molecular weight is 370 g/mol. The second kappa shape index (κ2) is 7.05. The van der Waals surface area contributed by atoms with Gasteiger partial charge in [0.05, 0.1) is 17.6 Å². The van der Waals surface area contributed by atoms with E-state index in [0.717, 1.165) is 54.8 Å². The lowest BCUT2D eigenvalue weighted by atomic mass is 9.89. The van der Waals surface area contributed by atoms with Crippen LogP contribution in [0.2, 0.25) is 0 Å². The van der Waals surface area contributed by atoms with Gasteiger partial charge in [0.25, 0.3) is 0 Å². The molecule has 0 saturated heterocycles. The van der Waals surface area contributed by atoms with Crippen LogP contribution >= 0.6 is 0 Å². The molecule has 3 aromatic heterocycles. The molecule has 0 bridgehead atoms. The van der Waals surface area contributed by atoms with E-state index in [4.69, 9.17) is 13.9 Å². The quantitative estimate of drug-likeness (QED) is 0.661. The normalized spacial score (nSPS) is 16.0. The number of hydrogen-bond acceptors (Lipinski definition) is 7. The number of aryl methyl sites for hydroxylation is 1. The Balaban J connectivity index is 1.77. The van der Waals surface area contributed by atoms with Gasteiger partial charge >= 0.3 is 0 Å². The monoisotopic (exact) mass is 370 g/mol. The standard InChI is InChI=1S/C20H26N4O3/c1-5-25-8-6-7-21-18-17-16(22-11-23-18)15-13-9-20(3,4)26-10-14(13)12(2)24-19(15)27-17/h11H,5-10H2,1-4H3,(H,21,22,23). The molecule has 0 spiro atoms. The highest BCUT2D eigenvalue weighted by Gasteiger charge is 2.31. The molecule has 0 fully saturated rings. The first-order valence-corrected chi connectivity index (χ1v) is 9.51. The number of furan rings is 1. The summed E-state index contributed by atoms with van der Waals surface area (Å²) < 4.78 is 17.5. The van der Waals surface area contributed by atoms with Crippen LogP contribution in [0, 0.1) is 6.92 Å². The Bertz CT molecular complexity index is 980. The second-order valence-electron chi connectivity index (χ2n) is 7.54. The maximum Gasteiger partial charge on any atom is 0.229 e. The van der Waals surface area contributed by atoms with Crippen molar-refractivity contribution in [2.24, 2.45) is 0 Å². The number of ether oxygens (including phenoxy) is 2. The molecule has 1 aliphatic heterocycles. The number of anilines is 1. The number of pyridine rings is 1. The lowest BCUT2D eigenvalue weighted by molar-refractivity contribution is -0.0400. The summed E-state index contributed by atoms with van der Waals surface area (Å²) in [5, 5.41) is 4.33. The SMILES string of the molecule is CCOCCCNc1ncnc2c1oc1nc(C)c3c(c12)CC(C)(C)OC3. The zero-order valence-corrected chi connectivity index (χ0v) is 16.4. The molecule has 0 aromatic carbocycles. The third kappa shape index (κ3) is 3.37. The van der Waals surface area contributed by atoms with Crippen molar-refractivity contribution in [1.29, 1.82) is 0 Å². The Morgan fingerprint density at radius 3 is 2.93 bits per heavy atom. The van der Waals surface area contributed by atoms with Crippen LogP contribution in [0.4, 0.5) is 5.82 Å². The molecule has 27 heavy (non-hydrogen) atoms. The summed E-state index contributed by atoms with van der Waals surface area (Å²) in [5.74, 6) is 0.701. The van der Waals surface area contributed by atoms with Gasteiger partial charge in [0.1, 0.15) is 11.8 Å². The molecule has 0 saturated carbocycles. The molecule has 7 heteroatoms. The topological polar surface area (TPSA) is 82.3 Å². The summed E-state index contributed by atoms with van der Waals surface area (Å²) in [6.07, 6.45) is 3.29. The molecule has 3 aromatic rings. The Kier molecular flexibility index (Phi) is 4.74. The summed E-state index contributed by atoms with van der Waals surface area (Å²) in [5.41, 5.74) is 5.21. The van der Waals surface area contributed by atoms with E-state index in [1.54, 1.807) is 6.33 Å². The van der Waals surface area contributed by atoms with Crippen LogP contribution in [0.25, 0.3) is 22.2 Å². The average Bonchev–Trinajstić information content (AvgIpc) is 2.99. The lowest BCUT2D eigenvalue weighted by Crippen LogP contribution is -2.32. The van der Waals surface area contributed by atoms with Gasteiger partial charge in [0, 0.05) is 37.4 Å². The van der Waals surface area contributed by atoms with E-state index in [2.05, 4.69) is 34.1 Å². The van der Waals surface area contributed by atoms with Gasteiger partial charge < -0.3 is 19.2 Å². The van der Waals surface area contributed by atoms with Crippen LogP contribution < -0.4 is 5.32 Å². The van der Waals surface area contributed by atoms with E-state index >= 15 is 0 Å². The molecule has 0 atom stereocenters. The highest BCUT2D eigenvalue weighted by Crippen LogP contribution is 2.39. The molecular formula is C20H26N4O3. The van der Waals surface area contributed by atoms with Crippen molar-refractivity contribution < 1.29 is 13.9 Å². The lowest BCUT2D eigenvalue weighted by Gasteiger charge is -2.32. The Labute approximate surface area is 158 Å². The van der Waals surface area contributed by atoms with Gasteiger partial charge in [-0.1, -0.05) is 0 Å². The molecule has 7 nitrogen and oxygen atoms in total. The third-order valence-corrected chi connectivity index (χ3v) is 5.00. The van der Waals surface area contributed by atoms with Crippen LogP contribution in [0.1, 0.15) is 44.0 Å². The van der Waals surface area contributed by atoms with Crippen molar-refractivity contribution in [3.8, 4) is 0 Å². The van der Waals surface area contributed by atoms with Crippen LogP contribution in [0.5, 0.6) is 0 Å². The van der Waals surface area contributed by atoms with Crippen LogP contribution in [0.3, 0.4) is 0 Å². The van der Waals surface area contributed by atoms with Crippen LogP contribution in [-0.4, -0.2) is 40.3 Å². The van der Waals surface area contributed by atoms with Gasteiger partial charge in [-0.15, -0.1) is 0 Å². The fourth-order valence-corrected chi connectivity index (χ4v) is 3.62. The van der Waals surface area contributed by atoms with E-state index in [-0.39, 0.29) is 5.60 Å². The minimum absolute atomic E-state index is 0.218. The number of aromatic nitrogens is 3. The first-order chi connectivity index (χ1) is 13.0. The van der Waals surface area contributed by atoms with E-state index in [9.17, 15) is 0 Å². The predicted octanol–water partition coefficient (Wildman–Crippen LogP) is 3.77. The van der Waals surface area contributed by atoms with Crippen molar-refractivity contribution in [2.45, 2.75) is 52.7 Å². The van der Waals surface area contributed by atoms with E-state index < -0.39 is 0 Å². The van der Waals surface area contributed by atoms with E-state index in [1.807, 2.05) is 13.8 Å². The second-order valence-corrected chi connectivity index (χ2v) is 7.54. The molecule has 144 valence electrons. The van der Waals surface area contributed by atoms with E-state index in [1.165, 1.54) is 5.56 Å². The fourth-order valence-electron chi connectivity index (χ4n) is 3.62. The number of rotatable bonds is 6. The highest BCUT2D eigenvalue weighted by atomic mass is 16.5. The van der Waals surface area contributed by atoms with Crippen molar-refractivity contribution >= 4 is 28.0 Å². The third-order valence-electron chi connectivity index (χ3n) is 5.00. The fraction of sp³-hybridized carbons (Fsp3) is 0.550. The van der Waals surface area contributed by atoms with Gasteiger partial charge in [-0.2, -0.15) is 0 Å². The van der Waals surface area contributed by atoms with Crippen LogP contribution in [-0.2, 0) is 22.5 Å². The summed E-state index contributed by atoms with van der Waals surface area (Å²) in [4.78, 5) is 13.6. The number of hydrogen-bond donors (Lipinski definition) is 1. The Morgan fingerprint density at radius 2 is 2.11 bits per heavy atom. The highest BCUT2D eigenvalue weighted by molar-refractivity contribution is 6.06. The largest absolute Gasteiger partial charge is 0.432 e. The summed E-state index contributed by atoms with van der Waals surface area (Å²) >= 11 is 0. The molecular weight excluding hydrogens is 344 g/mol. The van der Waals surface area contributed by atoms with Gasteiger partial charge in [-0.3, -0.25) is 0 Å². The number of nitrogens with one attached hydrogen (secondary N) is 1. The number of nitrogens with zero attached hydrogens (tertiary/aromatic N) is 3. The minimum Gasteiger partial charge on any atom is -0.432 e. The first kappa shape index (κ1) is 18.1. The molecule has 0 radical (unpaired) electrons.